The van der Waals surface area contributed by atoms with E-state index in [9.17, 15) is 9.18 Å². The molecule has 0 saturated heterocycles. The number of para-hydroxylation sites is 1. The van der Waals surface area contributed by atoms with Crippen molar-refractivity contribution < 1.29 is 9.18 Å². The Hall–Kier alpha value is -3.18. The van der Waals surface area contributed by atoms with Gasteiger partial charge in [0.05, 0.1) is 23.9 Å². The number of hydrogen-bond donors (Lipinski definition) is 1. The number of carbonyl (C=O) groups is 1. The molecule has 0 aliphatic rings. The van der Waals surface area contributed by atoms with Crippen LogP contribution in [-0.2, 0) is 11.2 Å². The number of nitriles is 1. The fourth-order valence-corrected chi connectivity index (χ4v) is 3.43. The van der Waals surface area contributed by atoms with Crippen LogP contribution >= 0.6 is 11.8 Å². The highest BCUT2D eigenvalue weighted by Crippen LogP contribution is 2.23. The molecule has 29 heavy (non-hydrogen) atoms. The molecule has 2 aromatic carbocycles. The molecule has 1 N–H and O–H groups in total. The molecule has 0 saturated carbocycles. The molecule has 1 aromatic heterocycles. The van der Waals surface area contributed by atoms with Gasteiger partial charge in [-0.25, -0.2) is 9.37 Å². The van der Waals surface area contributed by atoms with Crippen LogP contribution in [0, 0.1) is 17.1 Å². The van der Waals surface area contributed by atoms with E-state index < -0.39 is 5.82 Å². The number of nitrogens with zero attached hydrogens (tertiary/aromatic N) is 4. The van der Waals surface area contributed by atoms with Gasteiger partial charge in [0.2, 0.25) is 11.1 Å². The lowest BCUT2D eigenvalue weighted by Gasteiger charge is -2.21. The number of hydrogen-bond acceptors (Lipinski definition) is 5. The standard InChI is InChI=1S/C21H20FN5OS/c1-2-15-8-10-16(11-9-15)20-24-21(26-25-20)29-14-19(28)27(13-5-12-23)18-7-4-3-6-17(18)22/h3-4,6-11H,2,5,13-14H2,1H3,(H,24,25,26). The van der Waals surface area contributed by atoms with E-state index in [2.05, 4.69) is 22.1 Å². The lowest BCUT2D eigenvalue weighted by atomic mass is 10.1. The molecular weight excluding hydrogens is 389 g/mol. The minimum absolute atomic E-state index is 0.0336. The van der Waals surface area contributed by atoms with E-state index in [0.29, 0.717) is 11.0 Å². The first-order valence-corrected chi connectivity index (χ1v) is 10.2. The average Bonchev–Trinajstić information content (AvgIpc) is 3.23. The summed E-state index contributed by atoms with van der Waals surface area (Å²) in [5.74, 6) is -0.155. The first-order chi connectivity index (χ1) is 14.1. The Morgan fingerprint density at radius 3 is 2.69 bits per heavy atom. The molecule has 0 aliphatic heterocycles. The number of rotatable bonds is 8. The number of anilines is 1. The third-order valence-electron chi connectivity index (χ3n) is 4.32. The van der Waals surface area contributed by atoms with Crippen LogP contribution in [0.1, 0.15) is 18.9 Å². The normalized spacial score (nSPS) is 10.5. The van der Waals surface area contributed by atoms with Crippen molar-refractivity contribution >= 4 is 23.4 Å². The highest BCUT2D eigenvalue weighted by Gasteiger charge is 2.19. The molecule has 0 unspecified atom stereocenters. The summed E-state index contributed by atoms with van der Waals surface area (Å²) in [4.78, 5) is 18.4. The topological polar surface area (TPSA) is 85.7 Å². The number of aromatic amines is 1. The van der Waals surface area contributed by atoms with Crippen LogP contribution in [0.15, 0.2) is 53.7 Å². The van der Waals surface area contributed by atoms with E-state index >= 15 is 0 Å². The number of aryl methyl sites for hydroxylation is 1. The highest BCUT2D eigenvalue weighted by molar-refractivity contribution is 7.99. The minimum Gasteiger partial charge on any atom is -0.308 e. The largest absolute Gasteiger partial charge is 0.308 e. The summed E-state index contributed by atoms with van der Waals surface area (Å²) in [6, 6.07) is 16.0. The molecule has 148 valence electrons. The molecule has 1 heterocycles. The Morgan fingerprint density at radius 2 is 2.00 bits per heavy atom. The van der Waals surface area contributed by atoms with E-state index in [1.165, 1.54) is 22.6 Å². The second-order valence-electron chi connectivity index (χ2n) is 6.21. The number of H-pyrrole nitrogens is 1. The SMILES string of the molecule is CCc1ccc(-c2nc(SCC(=O)N(CCC#N)c3ccccc3F)n[nH]2)cc1. The zero-order chi connectivity index (χ0) is 20.6. The smallest absolute Gasteiger partial charge is 0.237 e. The quantitative estimate of drug-likeness (QED) is 0.563. The first-order valence-electron chi connectivity index (χ1n) is 9.18. The van der Waals surface area contributed by atoms with Crippen molar-refractivity contribution in [3.8, 4) is 17.5 Å². The van der Waals surface area contributed by atoms with Gasteiger partial charge in [-0.3, -0.25) is 9.89 Å². The maximum atomic E-state index is 14.1. The Bertz CT molecular complexity index is 1010. The van der Waals surface area contributed by atoms with Crippen LogP contribution in [0.3, 0.4) is 0 Å². The Morgan fingerprint density at radius 1 is 1.24 bits per heavy atom. The molecule has 1 amide bonds. The van der Waals surface area contributed by atoms with Crippen LogP contribution < -0.4 is 4.90 Å². The van der Waals surface area contributed by atoms with Gasteiger partial charge in [-0.2, -0.15) is 5.26 Å². The number of carbonyl (C=O) groups excluding carboxylic acids is 1. The van der Waals surface area contributed by atoms with Crippen molar-refractivity contribution in [2.75, 3.05) is 17.2 Å². The Balaban J connectivity index is 1.67. The maximum absolute atomic E-state index is 14.1. The zero-order valence-corrected chi connectivity index (χ0v) is 16.7. The van der Waals surface area contributed by atoms with Gasteiger partial charge >= 0.3 is 0 Å². The van der Waals surface area contributed by atoms with Crippen molar-refractivity contribution in [2.24, 2.45) is 0 Å². The lowest BCUT2D eigenvalue weighted by Crippen LogP contribution is -2.34. The molecule has 0 bridgehead atoms. The predicted molar refractivity (Wildman–Crippen MR) is 111 cm³/mol. The monoisotopic (exact) mass is 409 g/mol. The molecule has 3 aromatic rings. The van der Waals surface area contributed by atoms with Crippen LogP contribution in [0.2, 0.25) is 0 Å². The minimum atomic E-state index is -0.500. The number of benzene rings is 2. The number of amides is 1. The van der Waals surface area contributed by atoms with Gasteiger partial charge in [-0.15, -0.1) is 5.10 Å². The molecular formula is C21H20FN5OS. The molecule has 0 fully saturated rings. The predicted octanol–water partition coefficient (Wildman–Crippen LogP) is 4.21. The number of nitrogens with one attached hydrogen (secondary N) is 1. The second kappa shape index (κ2) is 9.85. The summed E-state index contributed by atoms with van der Waals surface area (Å²) in [5, 5.41) is 16.3. The van der Waals surface area contributed by atoms with Crippen molar-refractivity contribution in [1.82, 2.24) is 15.2 Å². The summed E-state index contributed by atoms with van der Waals surface area (Å²) in [6.07, 6.45) is 1.08. The number of thioether (sulfide) groups is 1. The van der Waals surface area contributed by atoms with Crippen molar-refractivity contribution in [3.63, 3.8) is 0 Å². The van der Waals surface area contributed by atoms with Crippen LogP contribution in [-0.4, -0.2) is 33.4 Å². The summed E-state index contributed by atoms with van der Waals surface area (Å²) in [6.45, 7) is 2.22. The summed E-state index contributed by atoms with van der Waals surface area (Å²) < 4.78 is 14.1. The van der Waals surface area contributed by atoms with Gasteiger partial charge in [-0.05, 0) is 24.1 Å². The van der Waals surface area contributed by atoms with Crippen molar-refractivity contribution in [3.05, 3.63) is 59.9 Å². The summed E-state index contributed by atoms with van der Waals surface area (Å²) in [5.41, 5.74) is 2.31. The van der Waals surface area contributed by atoms with Gasteiger partial charge in [0.1, 0.15) is 5.82 Å². The van der Waals surface area contributed by atoms with Crippen molar-refractivity contribution in [1.29, 1.82) is 5.26 Å². The van der Waals surface area contributed by atoms with Crippen molar-refractivity contribution in [2.45, 2.75) is 24.9 Å². The lowest BCUT2D eigenvalue weighted by molar-refractivity contribution is -0.116. The Labute approximate surface area is 172 Å². The van der Waals surface area contributed by atoms with E-state index in [0.717, 1.165) is 23.7 Å². The van der Waals surface area contributed by atoms with E-state index in [4.69, 9.17) is 5.26 Å². The summed E-state index contributed by atoms with van der Waals surface area (Å²) in [7, 11) is 0. The second-order valence-corrected chi connectivity index (χ2v) is 7.15. The van der Waals surface area contributed by atoms with E-state index in [1.807, 2.05) is 30.3 Å². The fraction of sp³-hybridized carbons (Fsp3) is 0.238. The average molecular weight is 409 g/mol. The Kier molecular flexibility index (Phi) is 6.98. The number of halogens is 1. The molecule has 8 heteroatoms. The van der Waals surface area contributed by atoms with E-state index in [1.54, 1.807) is 12.1 Å². The summed E-state index contributed by atoms with van der Waals surface area (Å²) >= 11 is 1.16. The maximum Gasteiger partial charge on any atom is 0.237 e. The van der Waals surface area contributed by atoms with Crippen LogP contribution in [0.4, 0.5) is 10.1 Å². The van der Waals surface area contributed by atoms with Gasteiger partial charge in [0.15, 0.2) is 5.82 Å². The molecule has 3 rings (SSSR count). The third kappa shape index (κ3) is 5.21. The zero-order valence-electron chi connectivity index (χ0n) is 15.9. The van der Waals surface area contributed by atoms with Gasteiger partial charge in [0.25, 0.3) is 0 Å². The fourth-order valence-electron chi connectivity index (χ4n) is 2.75. The van der Waals surface area contributed by atoms with Gasteiger partial charge in [-0.1, -0.05) is 55.1 Å². The van der Waals surface area contributed by atoms with Crippen LogP contribution in [0.5, 0.6) is 0 Å². The molecule has 6 nitrogen and oxygen atoms in total. The van der Waals surface area contributed by atoms with E-state index in [-0.39, 0.29) is 30.3 Å². The number of aromatic nitrogens is 3. The molecule has 0 atom stereocenters. The van der Waals surface area contributed by atoms with Gasteiger partial charge in [0, 0.05) is 12.1 Å². The molecule has 0 radical (unpaired) electrons. The molecule has 0 aliphatic carbocycles. The highest BCUT2D eigenvalue weighted by atomic mass is 32.2. The molecule has 0 spiro atoms. The first kappa shape index (κ1) is 20.6. The van der Waals surface area contributed by atoms with Crippen LogP contribution in [0.25, 0.3) is 11.4 Å². The van der Waals surface area contributed by atoms with Gasteiger partial charge < -0.3 is 4.90 Å². The third-order valence-corrected chi connectivity index (χ3v) is 5.15.